The summed E-state index contributed by atoms with van der Waals surface area (Å²) in [5.41, 5.74) is 6.43. The molecule has 5 rings (SSSR count). The van der Waals surface area contributed by atoms with Crippen molar-refractivity contribution >= 4 is 22.6 Å². The molecule has 0 saturated carbocycles. The molecule has 1 aromatic heterocycles. The Bertz CT molecular complexity index is 1370. The molecule has 2 heterocycles. The number of aryl methyl sites for hydroxylation is 2. The van der Waals surface area contributed by atoms with Crippen molar-refractivity contribution in [3.05, 3.63) is 102 Å². The summed E-state index contributed by atoms with van der Waals surface area (Å²) in [6.45, 7) is 9.80. The van der Waals surface area contributed by atoms with Gasteiger partial charge in [0.05, 0.1) is 17.6 Å². The average Bonchev–Trinajstić information content (AvgIpc) is 3.41. The van der Waals surface area contributed by atoms with E-state index in [0.29, 0.717) is 26.1 Å². The highest BCUT2D eigenvalue weighted by Crippen LogP contribution is 2.36. The average molecular weight is 466 g/mol. The van der Waals surface area contributed by atoms with E-state index in [9.17, 15) is 4.79 Å². The van der Waals surface area contributed by atoms with Crippen molar-refractivity contribution in [2.24, 2.45) is 0 Å². The van der Waals surface area contributed by atoms with Gasteiger partial charge in [-0.25, -0.2) is 4.98 Å². The van der Waals surface area contributed by atoms with Crippen molar-refractivity contribution < 1.29 is 9.53 Å². The zero-order valence-electron chi connectivity index (χ0n) is 20.4. The molecule has 5 nitrogen and oxygen atoms in total. The minimum absolute atomic E-state index is 0.0296. The van der Waals surface area contributed by atoms with Gasteiger partial charge in [0.2, 0.25) is 5.91 Å². The summed E-state index contributed by atoms with van der Waals surface area (Å²) in [5.74, 6) is 2.02. The molecule has 3 aromatic carbocycles. The standard InChI is InChI=1S/C30H31N3O2/c1-4-10-23-13-5-8-16-27(23)35-18-17-32-26-15-7-6-14-25(26)31-30(32)24-19-28(34)33(20-24)29-21(2)11-9-12-22(29)3/h4-9,11-16,24H,1,10,17-20H2,2-3H3. The number of allylic oxidation sites excluding steroid dienone is 1. The van der Waals surface area contributed by atoms with Gasteiger partial charge in [-0.05, 0) is 55.2 Å². The lowest BCUT2D eigenvalue weighted by atomic mass is 10.1. The number of rotatable bonds is 8. The van der Waals surface area contributed by atoms with Crippen LogP contribution in [0.1, 0.15) is 34.9 Å². The number of fused-ring (bicyclic) bond motifs is 1. The number of amides is 1. The van der Waals surface area contributed by atoms with Crippen molar-refractivity contribution in [1.82, 2.24) is 9.55 Å². The quantitative estimate of drug-likeness (QED) is 0.301. The normalized spacial score (nSPS) is 15.7. The van der Waals surface area contributed by atoms with Crippen LogP contribution >= 0.6 is 0 Å². The molecule has 178 valence electrons. The summed E-state index contributed by atoms with van der Waals surface area (Å²) >= 11 is 0. The highest BCUT2D eigenvalue weighted by Gasteiger charge is 2.35. The van der Waals surface area contributed by atoms with E-state index >= 15 is 0 Å². The SMILES string of the molecule is C=CCc1ccccc1OCCn1c(C2CC(=O)N(c3c(C)cccc3C)C2)nc2ccccc21. The second-order valence-corrected chi connectivity index (χ2v) is 9.21. The zero-order chi connectivity index (χ0) is 24.4. The number of aromatic nitrogens is 2. The summed E-state index contributed by atoms with van der Waals surface area (Å²) in [6.07, 6.45) is 3.12. The van der Waals surface area contributed by atoms with E-state index < -0.39 is 0 Å². The van der Waals surface area contributed by atoms with Gasteiger partial charge in [-0.3, -0.25) is 4.79 Å². The Kier molecular flexibility index (Phi) is 6.41. The molecule has 1 aliphatic rings. The van der Waals surface area contributed by atoms with Crippen molar-refractivity contribution in [1.29, 1.82) is 0 Å². The van der Waals surface area contributed by atoms with Gasteiger partial charge in [0, 0.05) is 24.6 Å². The van der Waals surface area contributed by atoms with Crippen LogP contribution in [0.2, 0.25) is 0 Å². The van der Waals surface area contributed by atoms with Crippen LogP contribution in [0.4, 0.5) is 5.69 Å². The lowest BCUT2D eigenvalue weighted by molar-refractivity contribution is -0.117. The number of imidazole rings is 1. The number of para-hydroxylation sites is 4. The predicted octanol–water partition coefficient (Wildman–Crippen LogP) is 5.98. The van der Waals surface area contributed by atoms with E-state index in [1.807, 2.05) is 53.4 Å². The molecule has 1 amide bonds. The van der Waals surface area contributed by atoms with Gasteiger partial charge < -0.3 is 14.2 Å². The second-order valence-electron chi connectivity index (χ2n) is 9.21. The van der Waals surface area contributed by atoms with E-state index in [2.05, 4.69) is 49.3 Å². The lowest BCUT2D eigenvalue weighted by Gasteiger charge is -2.21. The van der Waals surface area contributed by atoms with Crippen LogP contribution < -0.4 is 9.64 Å². The Morgan fingerprint density at radius 2 is 1.77 bits per heavy atom. The Morgan fingerprint density at radius 3 is 2.57 bits per heavy atom. The summed E-state index contributed by atoms with van der Waals surface area (Å²) < 4.78 is 8.43. The van der Waals surface area contributed by atoms with Gasteiger partial charge in [0.15, 0.2) is 0 Å². The van der Waals surface area contributed by atoms with Crippen LogP contribution in [0.5, 0.6) is 5.75 Å². The van der Waals surface area contributed by atoms with Crippen molar-refractivity contribution in [2.75, 3.05) is 18.1 Å². The maximum absolute atomic E-state index is 13.1. The predicted molar refractivity (Wildman–Crippen MR) is 141 cm³/mol. The molecular weight excluding hydrogens is 434 g/mol. The molecule has 0 bridgehead atoms. The molecular formula is C30H31N3O2. The molecule has 0 N–H and O–H groups in total. The molecule has 1 unspecified atom stereocenters. The number of ether oxygens (including phenoxy) is 1. The highest BCUT2D eigenvalue weighted by atomic mass is 16.5. The van der Waals surface area contributed by atoms with Crippen LogP contribution in [0.25, 0.3) is 11.0 Å². The third kappa shape index (κ3) is 4.46. The molecule has 1 fully saturated rings. The Hall–Kier alpha value is -3.86. The van der Waals surface area contributed by atoms with Gasteiger partial charge in [0.25, 0.3) is 0 Å². The first-order valence-electron chi connectivity index (χ1n) is 12.2. The Labute approximate surface area is 206 Å². The largest absolute Gasteiger partial charge is 0.491 e. The molecule has 35 heavy (non-hydrogen) atoms. The molecule has 1 atom stereocenters. The molecule has 0 aliphatic carbocycles. The van der Waals surface area contributed by atoms with E-state index in [1.54, 1.807) is 0 Å². The highest BCUT2D eigenvalue weighted by molar-refractivity contribution is 5.98. The third-order valence-corrected chi connectivity index (χ3v) is 6.79. The number of benzene rings is 3. The fourth-order valence-corrected chi connectivity index (χ4v) is 5.18. The topological polar surface area (TPSA) is 47.4 Å². The van der Waals surface area contributed by atoms with Gasteiger partial charge in [0.1, 0.15) is 18.2 Å². The minimum Gasteiger partial charge on any atom is -0.491 e. The number of carbonyl (C=O) groups excluding carboxylic acids is 1. The van der Waals surface area contributed by atoms with Crippen LogP contribution in [-0.2, 0) is 17.8 Å². The molecule has 5 heteroatoms. The first-order valence-corrected chi connectivity index (χ1v) is 12.2. The number of hydrogen-bond donors (Lipinski definition) is 0. The monoisotopic (exact) mass is 465 g/mol. The second kappa shape index (κ2) is 9.79. The van der Waals surface area contributed by atoms with E-state index in [1.165, 1.54) is 0 Å². The van der Waals surface area contributed by atoms with Gasteiger partial charge in [-0.15, -0.1) is 6.58 Å². The fourth-order valence-electron chi connectivity index (χ4n) is 5.18. The summed E-state index contributed by atoms with van der Waals surface area (Å²) in [4.78, 5) is 20.1. The van der Waals surface area contributed by atoms with E-state index in [0.717, 1.165) is 51.4 Å². The number of hydrogen-bond acceptors (Lipinski definition) is 3. The zero-order valence-corrected chi connectivity index (χ0v) is 20.4. The molecule has 0 radical (unpaired) electrons. The fraction of sp³-hybridized carbons (Fsp3) is 0.267. The lowest BCUT2D eigenvalue weighted by Crippen LogP contribution is -2.26. The first-order chi connectivity index (χ1) is 17.1. The maximum atomic E-state index is 13.1. The molecule has 0 spiro atoms. The van der Waals surface area contributed by atoms with Crippen molar-refractivity contribution in [3.8, 4) is 5.75 Å². The smallest absolute Gasteiger partial charge is 0.227 e. The van der Waals surface area contributed by atoms with Gasteiger partial charge in [-0.2, -0.15) is 0 Å². The number of carbonyl (C=O) groups is 1. The van der Waals surface area contributed by atoms with Crippen molar-refractivity contribution in [2.45, 2.75) is 39.2 Å². The number of anilines is 1. The summed E-state index contributed by atoms with van der Waals surface area (Å²) in [7, 11) is 0. The molecule has 1 saturated heterocycles. The molecule has 4 aromatic rings. The van der Waals surface area contributed by atoms with Crippen LogP contribution in [0.3, 0.4) is 0 Å². The first kappa shape index (κ1) is 22.9. The summed E-state index contributed by atoms with van der Waals surface area (Å²) in [6, 6.07) is 22.4. The van der Waals surface area contributed by atoms with Gasteiger partial charge in [-0.1, -0.05) is 54.6 Å². The van der Waals surface area contributed by atoms with Crippen LogP contribution in [0.15, 0.2) is 79.4 Å². The number of nitrogens with zero attached hydrogens (tertiary/aromatic N) is 3. The summed E-state index contributed by atoms with van der Waals surface area (Å²) in [5, 5.41) is 0. The van der Waals surface area contributed by atoms with Crippen LogP contribution in [-0.4, -0.2) is 28.6 Å². The maximum Gasteiger partial charge on any atom is 0.227 e. The van der Waals surface area contributed by atoms with Crippen LogP contribution in [0, 0.1) is 13.8 Å². The third-order valence-electron chi connectivity index (χ3n) is 6.79. The molecule has 1 aliphatic heterocycles. The Balaban J connectivity index is 1.42. The van der Waals surface area contributed by atoms with Gasteiger partial charge >= 0.3 is 0 Å². The Morgan fingerprint density at radius 1 is 1.03 bits per heavy atom. The minimum atomic E-state index is 0.0296. The van der Waals surface area contributed by atoms with E-state index in [4.69, 9.17) is 9.72 Å². The van der Waals surface area contributed by atoms with E-state index in [-0.39, 0.29) is 11.8 Å². The van der Waals surface area contributed by atoms with Crippen molar-refractivity contribution in [3.63, 3.8) is 0 Å².